The Morgan fingerprint density at radius 2 is 1.32 bits per heavy atom. The number of rotatable bonds is 9. The maximum Gasteiger partial charge on any atom is 0.217 e. The van der Waals surface area contributed by atoms with Crippen molar-refractivity contribution in [3.8, 4) is 0 Å². The Bertz CT molecular complexity index is 366. The molecule has 2 N–H and O–H groups in total. The van der Waals surface area contributed by atoms with Crippen molar-refractivity contribution in [3.63, 3.8) is 0 Å². The molecule has 0 saturated heterocycles. The van der Waals surface area contributed by atoms with Gasteiger partial charge in [0.15, 0.2) is 0 Å². The van der Waals surface area contributed by atoms with Gasteiger partial charge in [-0.2, -0.15) is 0 Å². The third-order valence-corrected chi connectivity index (χ3v) is 3.06. The van der Waals surface area contributed by atoms with Gasteiger partial charge in [-0.1, -0.05) is 52.6 Å². The lowest BCUT2D eigenvalue weighted by Crippen LogP contribution is -2.08. The van der Waals surface area contributed by atoms with Gasteiger partial charge in [-0.3, -0.25) is 4.79 Å². The molecule has 19 heavy (non-hydrogen) atoms. The van der Waals surface area contributed by atoms with Crippen LogP contribution in [0.5, 0.6) is 0 Å². The molecule has 0 unspecified atom stereocenters. The molecule has 1 amide bonds. The summed E-state index contributed by atoms with van der Waals surface area (Å²) >= 11 is 11.1. The normalized spacial score (nSPS) is 12.4. The third kappa shape index (κ3) is 13.5. The highest BCUT2D eigenvalue weighted by Gasteiger charge is 1.94. The van der Waals surface area contributed by atoms with Crippen LogP contribution in [-0.2, 0) is 4.79 Å². The lowest BCUT2D eigenvalue weighted by molar-refractivity contribution is -0.117. The number of amides is 1. The van der Waals surface area contributed by atoms with Crippen molar-refractivity contribution in [1.82, 2.24) is 0 Å². The Balaban J connectivity index is 3.86. The van der Waals surface area contributed by atoms with Crippen LogP contribution in [0.4, 0.5) is 0 Å². The largest absolute Gasteiger partial charge is 0.370 e. The second kappa shape index (κ2) is 11.1. The van der Waals surface area contributed by atoms with Crippen molar-refractivity contribution >= 4 is 29.1 Å². The van der Waals surface area contributed by atoms with Gasteiger partial charge in [0, 0.05) is 6.42 Å². The second-order valence-corrected chi connectivity index (χ2v) is 5.68. The lowest BCUT2D eigenvalue weighted by atomic mass is 10.1. The molecule has 0 aromatic carbocycles. The molecule has 0 aromatic rings. The summed E-state index contributed by atoms with van der Waals surface area (Å²) in [5.41, 5.74) is 7.73. The number of carbonyl (C=O) groups excluding carboxylic acids is 1. The molecule has 0 bridgehead atoms. The minimum Gasteiger partial charge on any atom is -0.370 e. The van der Waals surface area contributed by atoms with E-state index in [1.165, 1.54) is 11.1 Å². The Labute approximate surface area is 126 Å². The molecule has 4 heteroatoms. The molecule has 0 spiro atoms. The molecule has 0 aliphatic rings. The average molecular weight is 304 g/mol. The van der Waals surface area contributed by atoms with Crippen molar-refractivity contribution < 1.29 is 4.79 Å². The molecule has 0 fully saturated rings. The Kier molecular flexibility index (Phi) is 10.7. The quantitative estimate of drug-likeness (QED) is 0.597. The average Bonchev–Trinajstić information content (AvgIpc) is 2.27. The monoisotopic (exact) mass is 303 g/mol. The number of nitrogens with two attached hydrogens (primary N) is 1. The summed E-state index contributed by atoms with van der Waals surface area (Å²) < 4.78 is 0.334. The summed E-state index contributed by atoms with van der Waals surface area (Å²) in [6.07, 6.45) is 11.2. The number of hydrogen-bond acceptors (Lipinski definition) is 1. The summed E-state index contributed by atoms with van der Waals surface area (Å²) in [6.45, 7) is 4.20. The Morgan fingerprint density at radius 1 is 0.895 bits per heavy atom. The van der Waals surface area contributed by atoms with Crippen LogP contribution in [-0.4, -0.2) is 5.91 Å². The first-order chi connectivity index (χ1) is 8.91. The molecule has 0 atom stereocenters. The summed E-state index contributed by atoms with van der Waals surface area (Å²) in [4.78, 5) is 10.6. The molecule has 0 heterocycles. The van der Waals surface area contributed by atoms with Crippen molar-refractivity contribution in [1.29, 1.82) is 0 Å². The van der Waals surface area contributed by atoms with E-state index >= 15 is 0 Å². The summed E-state index contributed by atoms with van der Waals surface area (Å²) in [6, 6.07) is 0. The summed E-state index contributed by atoms with van der Waals surface area (Å²) in [7, 11) is 0. The standard InChI is InChI=1S/C15H23Cl2NO/c1-12(8-4-10-14(16)17)6-3-7-13(2)9-5-11-15(18)19/h6,9-10H,3-5,7-8,11H2,1-2H3,(H2,18,19). The zero-order chi connectivity index (χ0) is 14.7. The van der Waals surface area contributed by atoms with Crippen LogP contribution >= 0.6 is 23.2 Å². The molecular formula is C15H23Cl2NO. The minimum atomic E-state index is -0.245. The molecular weight excluding hydrogens is 281 g/mol. The van der Waals surface area contributed by atoms with Gasteiger partial charge in [0.1, 0.15) is 4.49 Å². The zero-order valence-corrected chi connectivity index (χ0v) is 13.2. The number of hydrogen-bond donors (Lipinski definition) is 1. The van der Waals surface area contributed by atoms with Gasteiger partial charge in [0.05, 0.1) is 0 Å². The number of carbonyl (C=O) groups is 1. The van der Waals surface area contributed by atoms with E-state index in [1.54, 1.807) is 0 Å². The first kappa shape index (κ1) is 18.3. The fraction of sp³-hybridized carbons (Fsp3) is 0.533. The number of allylic oxidation sites excluding steroid dienone is 5. The molecule has 108 valence electrons. The van der Waals surface area contributed by atoms with Crippen LogP contribution in [0.2, 0.25) is 0 Å². The van der Waals surface area contributed by atoms with Gasteiger partial charge in [-0.15, -0.1) is 0 Å². The fourth-order valence-electron chi connectivity index (χ4n) is 1.62. The van der Waals surface area contributed by atoms with E-state index in [4.69, 9.17) is 28.9 Å². The highest BCUT2D eigenvalue weighted by Crippen LogP contribution is 2.14. The van der Waals surface area contributed by atoms with E-state index < -0.39 is 0 Å². The van der Waals surface area contributed by atoms with E-state index in [9.17, 15) is 4.79 Å². The van der Waals surface area contributed by atoms with Crippen LogP contribution in [0.1, 0.15) is 52.4 Å². The van der Waals surface area contributed by atoms with Crippen LogP contribution in [0.25, 0.3) is 0 Å². The van der Waals surface area contributed by atoms with Crippen LogP contribution < -0.4 is 5.73 Å². The van der Waals surface area contributed by atoms with E-state index in [-0.39, 0.29) is 5.91 Å². The smallest absolute Gasteiger partial charge is 0.217 e. The highest BCUT2D eigenvalue weighted by atomic mass is 35.5. The number of halogens is 2. The molecule has 0 aliphatic carbocycles. The van der Waals surface area contributed by atoms with Gasteiger partial charge in [0.25, 0.3) is 0 Å². The maximum absolute atomic E-state index is 10.6. The van der Waals surface area contributed by atoms with E-state index in [1.807, 2.05) is 6.08 Å². The first-order valence-corrected chi connectivity index (χ1v) is 7.28. The lowest BCUT2D eigenvalue weighted by Gasteiger charge is -2.01. The van der Waals surface area contributed by atoms with E-state index in [0.29, 0.717) is 10.9 Å². The summed E-state index contributed by atoms with van der Waals surface area (Å²) in [5.74, 6) is -0.245. The van der Waals surface area contributed by atoms with Gasteiger partial charge in [-0.05, 0) is 46.0 Å². The molecule has 0 rings (SSSR count). The predicted octanol–water partition coefficient (Wildman–Crippen LogP) is 5.02. The minimum absolute atomic E-state index is 0.245. The highest BCUT2D eigenvalue weighted by molar-refractivity contribution is 6.55. The predicted molar refractivity (Wildman–Crippen MR) is 84.2 cm³/mol. The number of primary amides is 1. The summed E-state index contributed by atoms with van der Waals surface area (Å²) in [5, 5.41) is 0. The van der Waals surface area contributed by atoms with Crippen molar-refractivity contribution in [2.45, 2.75) is 52.4 Å². The van der Waals surface area contributed by atoms with Crippen LogP contribution in [0.3, 0.4) is 0 Å². The molecule has 0 aromatic heterocycles. The van der Waals surface area contributed by atoms with Crippen molar-refractivity contribution in [2.24, 2.45) is 5.73 Å². The molecule has 2 nitrogen and oxygen atoms in total. The third-order valence-electron chi connectivity index (χ3n) is 2.75. The molecule has 0 radical (unpaired) electrons. The van der Waals surface area contributed by atoms with Gasteiger partial charge < -0.3 is 5.73 Å². The van der Waals surface area contributed by atoms with Crippen molar-refractivity contribution in [3.05, 3.63) is 33.9 Å². The van der Waals surface area contributed by atoms with Crippen molar-refractivity contribution in [2.75, 3.05) is 0 Å². The molecule has 0 aliphatic heterocycles. The van der Waals surface area contributed by atoms with Crippen LogP contribution in [0.15, 0.2) is 33.9 Å². The molecule has 0 saturated carbocycles. The van der Waals surface area contributed by atoms with Gasteiger partial charge >= 0.3 is 0 Å². The maximum atomic E-state index is 10.6. The second-order valence-electron chi connectivity index (χ2n) is 4.68. The fourth-order valence-corrected chi connectivity index (χ4v) is 1.84. The van der Waals surface area contributed by atoms with E-state index in [2.05, 4.69) is 26.0 Å². The first-order valence-electron chi connectivity index (χ1n) is 6.52. The zero-order valence-electron chi connectivity index (χ0n) is 11.7. The Hall–Kier alpha value is -0.730. The van der Waals surface area contributed by atoms with Gasteiger partial charge in [0.2, 0.25) is 5.91 Å². The van der Waals surface area contributed by atoms with E-state index in [0.717, 1.165) is 32.1 Å². The van der Waals surface area contributed by atoms with Gasteiger partial charge in [-0.25, -0.2) is 0 Å². The SMILES string of the molecule is CC(=CCCC(N)=O)CCC=C(C)CCC=C(Cl)Cl. The topological polar surface area (TPSA) is 43.1 Å². The Morgan fingerprint density at radius 3 is 1.74 bits per heavy atom. The van der Waals surface area contributed by atoms with Crippen LogP contribution in [0, 0.1) is 0 Å².